The Morgan fingerprint density at radius 3 is 2.40 bits per heavy atom. The second-order valence-electron chi connectivity index (χ2n) is 5.83. The maximum atomic E-state index is 11.9. The van der Waals surface area contributed by atoms with Crippen LogP contribution in [-0.2, 0) is 10.2 Å². The molecule has 20 heavy (non-hydrogen) atoms. The minimum Gasteiger partial charge on any atom is -0.495 e. The van der Waals surface area contributed by atoms with Crippen molar-refractivity contribution in [2.45, 2.75) is 50.9 Å². The van der Waals surface area contributed by atoms with Gasteiger partial charge in [0.25, 0.3) is 0 Å². The Hall–Kier alpha value is -1.22. The number of carboxylic acid groups (broad SMARTS) is 1. The smallest absolute Gasteiger partial charge is 0.314 e. The van der Waals surface area contributed by atoms with Crippen molar-refractivity contribution in [3.05, 3.63) is 28.3 Å². The van der Waals surface area contributed by atoms with E-state index in [1.807, 2.05) is 12.1 Å². The van der Waals surface area contributed by atoms with Crippen LogP contribution >= 0.6 is 11.6 Å². The molecule has 1 aromatic rings. The molecule has 1 saturated carbocycles. The highest BCUT2D eigenvalue weighted by molar-refractivity contribution is 6.33. The van der Waals surface area contributed by atoms with Crippen molar-refractivity contribution in [3.63, 3.8) is 0 Å². The fourth-order valence-corrected chi connectivity index (χ4v) is 3.39. The molecular weight excluding hydrogens is 276 g/mol. The van der Waals surface area contributed by atoms with Gasteiger partial charge in [-0.05, 0) is 36.0 Å². The summed E-state index contributed by atoms with van der Waals surface area (Å²) in [6.45, 7) is 4.16. The average Bonchev–Trinajstić information content (AvgIpc) is 2.89. The van der Waals surface area contributed by atoms with Crippen LogP contribution in [0.4, 0.5) is 0 Å². The van der Waals surface area contributed by atoms with E-state index < -0.39 is 11.4 Å². The average molecular weight is 297 g/mol. The quantitative estimate of drug-likeness (QED) is 0.897. The fourth-order valence-electron chi connectivity index (χ4n) is 3.03. The molecule has 0 saturated heterocycles. The number of carbonyl (C=O) groups is 1. The molecule has 1 N–H and O–H groups in total. The van der Waals surface area contributed by atoms with E-state index in [1.54, 1.807) is 7.11 Å². The first-order valence-corrected chi connectivity index (χ1v) is 7.41. The van der Waals surface area contributed by atoms with Crippen LogP contribution in [0, 0.1) is 0 Å². The van der Waals surface area contributed by atoms with Gasteiger partial charge in [0.05, 0.1) is 17.5 Å². The number of ether oxygens (including phenoxy) is 1. The first kappa shape index (κ1) is 15.2. The van der Waals surface area contributed by atoms with Gasteiger partial charge in [0.15, 0.2) is 0 Å². The summed E-state index contributed by atoms with van der Waals surface area (Å²) in [4.78, 5) is 11.9. The lowest BCUT2D eigenvalue weighted by molar-refractivity contribution is -0.143. The number of carboxylic acids is 1. The van der Waals surface area contributed by atoms with Gasteiger partial charge >= 0.3 is 5.97 Å². The molecule has 0 amide bonds. The van der Waals surface area contributed by atoms with E-state index in [1.165, 1.54) is 0 Å². The van der Waals surface area contributed by atoms with Crippen LogP contribution in [0.5, 0.6) is 5.75 Å². The molecule has 0 unspecified atom stereocenters. The minimum atomic E-state index is -0.852. The third-order valence-corrected chi connectivity index (χ3v) is 4.72. The molecule has 1 aromatic carbocycles. The third-order valence-electron chi connectivity index (χ3n) is 4.33. The summed E-state index contributed by atoms with van der Waals surface area (Å²) in [5.74, 6) is 0.0902. The van der Waals surface area contributed by atoms with Gasteiger partial charge in [0, 0.05) is 0 Å². The molecule has 2 rings (SSSR count). The van der Waals surface area contributed by atoms with Crippen molar-refractivity contribution < 1.29 is 14.6 Å². The second-order valence-corrected chi connectivity index (χ2v) is 6.21. The van der Waals surface area contributed by atoms with E-state index in [2.05, 4.69) is 13.8 Å². The van der Waals surface area contributed by atoms with Crippen molar-refractivity contribution in [3.8, 4) is 5.75 Å². The lowest BCUT2D eigenvalue weighted by Crippen LogP contribution is -2.33. The summed E-state index contributed by atoms with van der Waals surface area (Å²) in [7, 11) is 1.57. The van der Waals surface area contributed by atoms with Crippen LogP contribution in [0.15, 0.2) is 12.1 Å². The zero-order valence-electron chi connectivity index (χ0n) is 12.2. The molecule has 1 aliphatic rings. The minimum absolute atomic E-state index is 0.298. The standard InChI is InChI=1S/C16H21ClO3/c1-10(2)11-8-12(14(17)13(9-11)20-3)16(15(18)19)6-4-5-7-16/h8-10H,4-7H2,1-3H3,(H,18,19). The first-order valence-electron chi connectivity index (χ1n) is 7.03. The Kier molecular flexibility index (Phi) is 4.28. The van der Waals surface area contributed by atoms with Crippen LogP contribution in [-0.4, -0.2) is 18.2 Å². The molecule has 0 aliphatic heterocycles. The lowest BCUT2D eigenvalue weighted by atomic mass is 9.77. The van der Waals surface area contributed by atoms with Crippen molar-refractivity contribution in [2.75, 3.05) is 7.11 Å². The summed E-state index contributed by atoms with van der Waals surface area (Å²) >= 11 is 6.41. The molecule has 0 atom stereocenters. The molecule has 0 bridgehead atoms. The highest BCUT2D eigenvalue weighted by atomic mass is 35.5. The zero-order chi connectivity index (χ0) is 14.9. The third kappa shape index (κ3) is 2.39. The van der Waals surface area contributed by atoms with Gasteiger partial charge < -0.3 is 9.84 Å². The molecule has 0 spiro atoms. The molecule has 0 radical (unpaired) electrons. The molecular formula is C16H21ClO3. The zero-order valence-corrected chi connectivity index (χ0v) is 13.0. The first-order chi connectivity index (χ1) is 9.42. The maximum Gasteiger partial charge on any atom is 0.314 e. The highest BCUT2D eigenvalue weighted by Crippen LogP contribution is 2.47. The van der Waals surface area contributed by atoms with Gasteiger partial charge in [-0.3, -0.25) is 4.79 Å². The SMILES string of the molecule is COc1cc(C(C)C)cc(C2(C(=O)O)CCCC2)c1Cl. The van der Waals surface area contributed by atoms with E-state index in [9.17, 15) is 9.90 Å². The number of hydrogen-bond acceptors (Lipinski definition) is 2. The lowest BCUT2D eigenvalue weighted by Gasteiger charge is -2.27. The van der Waals surface area contributed by atoms with Crippen LogP contribution in [0.25, 0.3) is 0 Å². The van der Waals surface area contributed by atoms with Crippen LogP contribution in [0.3, 0.4) is 0 Å². The van der Waals surface area contributed by atoms with E-state index in [0.717, 1.165) is 18.4 Å². The predicted molar refractivity (Wildman–Crippen MR) is 79.9 cm³/mol. The Morgan fingerprint density at radius 1 is 1.35 bits per heavy atom. The molecule has 1 aliphatic carbocycles. The summed E-state index contributed by atoms with van der Waals surface area (Å²) in [5, 5.41) is 10.2. The molecule has 3 nitrogen and oxygen atoms in total. The summed E-state index contributed by atoms with van der Waals surface area (Å²) in [6.07, 6.45) is 3.15. The van der Waals surface area contributed by atoms with Crippen LogP contribution in [0.2, 0.25) is 5.02 Å². The monoisotopic (exact) mass is 296 g/mol. The maximum absolute atomic E-state index is 11.9. The van der Waals surface area contributed by atoms with E-state index in [0.29, 0.717) is 35.1 Å². The second kappa shape index (κ2) is 5.65. The largest absolute Gasteiger partial charge is 0.495 e. The number of aliphatic carboxylic acids is 1. The number of benzene rings is 1. The Bertz CT molecular complexity index is 517. The number of halogens is 1. The van der Waals surface area contributed by atoms with Gasteiger partial charge in [-0.25, -0.2) is 0 Å². The van der Waals surface area contributed by atoms with Gasteiger partial charge in [0.2, 0.25) is 0 Å². The normalized spacial score (nSPS) is 17.4. The van der Waals surface area contributed by atoms with Crippen molar-refractivity contribution in [2.24, 2.45) is 0 Å². The summed E-state index contributed by atoms with van der Waals surface area (Å²) in [5.41, 5.74) is 0.927. The summed E-state index contributed by atoms with van der Waals surface area (Å²) < 4.78 is 5.34. The molecule has 4 heteroatoms. The summed E-state index contributed by atoms with van der Waals surface area (Å²) in [6, 6.07) is 3.86. The van der Waals surface area contributed by atoms with Crippen molar-refractivity contribution in [1.29, 1.82) is 0 Å². The molecule has 0 aromatic heterocycles. The molecule has 0 heterocycles. The van der Waals surface area contributed by atoms with E-state index in [-0.39, 0.29) is 0 Å². The Labute approximate surface area is 124 Å². The number of methoxy groups -OCH3 is 1. The van der Waals surface area contributed by atoms with Gasteiger partial charge in [-0.2, -0.15) is 0 Å². The van der Waals surface area contributed by atoms with Crippen LogP contribution < -0.4 is 4.74 Å². The van der Waals surface area contributed by atoms with Crippen molar-refractivity contribution >= 4 is 17.6 Å². The highest BCUT2D eigenvalue weighted by Gasteiger charge is 2.45. The molecule has 110 valence electrons. The Balaban J connectivity index is 2.65. The predicted octanol–water partition coefficient (Wildman–Crippen LogP) is 4.37. The molecule has 1 fully saturated rings. The number of rotatable bonds is 4. The van der Waals surface area contributed by atoms with Gasteiger partial charge in [-0.1, -0.05) is 44.4 Å². The van der Waals surface area contributed by atoms with Crippen LogP contribution in [0.1, 0.15) is 56.6 Å². The van der Waals surface area contributed by atoms with E-state index in [4.69, 9.17) is 16.3 Å². The van der Waals surface area contributed by atoms with Crippen molar-refractivity contribution in [1.82, 2.24) is 0 Å². The van der Waals surface area contributed by atoms with Gasteiger partial charge in [0.1, 0.15) is 5.75 Å². The topological polar surface area (TPSA) is 46.5 Å². The fraction of sp³-hybridized carbons (Fsp3) is 0.562. The number of hydrogen-bond donors (Lipinski definition) is 1. The van der Waals surface area contributed by atoms with Gasteiger partial charge in [-0.15, -0.1) is 0 Å². The Morgan fingerprint density at radius 2 is 1.95 bits per heavy atom. The van der Waals surface area contributed by atoms with E-state index >= 15 is 0 Å².